The molecule has 3 aromatic carbocycles. The smallest absolute Gasteiger partial charge is 0.269 e. The molecule has 6 heterocycles. The number of nitro groups is 2. The number of anilines is 1. The number of nitrogens with zero attached hydrogens (tertiary/aromatic N) is 7. The van der Waals surface area contributed by atoms with E-state index in [2.05, 4.69) is 21.3 Å². The van der Waals surface area contributed by atoms with Crippen molar-refractivity contribution in [2.24, 2.45) is 32.7 Å². The van der Waals surface area contributed by atoms with Crippen LogP contribution in [0.4, 0.5) is 17.1 Å². The van der Waals surface area contributed by atoms with E-state index in [0.29, 0.717) is 74.2 Å². The SMILES string of the molecule is C.CCO.Nc1ccc(CCS(=O)(=O)N2CCC3(CC2)N=C(C2CCCCC2)NC3=O)cc1.O=C1NC(C2CCCCC2)=NC12CCN(S(=O)(=O)CCc1ccc([N+](=O)[O-])cc1)CC2.O=C1NC(C2CCCCC2)=NC12CCNCC2.O=[N+]([O-])c1ccc(CCS(=O)(=O)Cl)cc1.[CH3-].[Pd]. The Balaban J connectivity index is 0.000000239. The molecule has 3 saturated heterocycles. The van der Waals surface area contributed by atoms with Crippen LogP contribution in [0.5, 0.6) is 0 Å². The van der Waals surface area contributed by atoms with Crippen molar-refractivity contribution in [3.8, 4) is 0 Å². The number of non-ortho nitro benzene ring substituents is 2. The molecule has 6 aliphatic heterocycles. The number of rotatable bonds is 16. The van der Waals surface area contributed by atoms with Crippen molar-refractivity contribution in [2.75, 3.05) is 68.9 Å². The number of amides is 3. The van der Waals surface area contributed by atoms with E-state index in [4.69, 9.17) is 36.5 Å². The number of hydrogen-bond donors (Lipinski definition) is 6. The van der Waals surface area contributed by atoms with Gasteiger partial charge in [-0.2, -0.15) is 0 Å². The van der Waals surface area contributed by atoms with E-state index in [0.717, 1.165) is 93.1 Å². The van der Waals surface area contributed by atoms with E-state index < -0.39 is 55.6 Å². The van der Waals surface area contributed by atoms with Gasteiger partial charge in [-0.3, -0.25) is 49.6 Å². The zero-order valence-electron chi connectivity index (χ0n) is 55.6. The molecule has 0 radical (unpaired) electrons. The number of hydrogen-bond acceptors (Lipinski definition) is 19. The molecule has 7 N–H and O–H groups in total. The molecule has 548 valence electrons. The predicted molar refractivity (Wildman–Crippen MR) is 380 cm³/mol. The molecule has 3 aliphatic carbocycles. The summed E-state index contributed by atoms with van der Waals surface area (Å²) in [5.74, 6) is 3.67. The summed E-state index contributed by atoms with van der Waals surface area (Å²) in [4.78, 5) is 72.0. The third kappa shape index (κ3) is 22.9. The number of amidine groups is 3. The molecule has 3 saturated carbocycles. The average Bonchev–Trinajstić information content (AvgIpc) is 1.62. The van der Waals surface area contributed by atoms with Gasteiger partial charge < -0.3 is 39.5 Å². The summed E-state index contributed by atoms with van der Waals surface area (Å²) in [5, 5.41) is 41.0. The van der Waals surface area contributed by atoms with Crippen LogP contribution in [0.25, 0.3) is 0 Å². The molecule has 0 aromatic heterocycles. The van der Waals surface area contributed by atoms with Crippen molar-refractivity contribution >= 4 is 92.1 Å². The van der Waals surface area contributed by atoms with Gasteiger partial charge in [-0.05, 0) is 145 Å². The van der Waals surface area contributed by atoms with Crippen LogP contribution in [0, 0.1) is 45.4 Å². The minimum absolute atomic E-state index is 0. The van der Waals surface area contributed by atoms with Gasteiger partial charge in [0.25, 0.3) is 29.1 Å². The second-order valence-corrected chi connectivity index (χ2v) is 33.1. The molecule has 3 aromatic rings. The summed E-state index contributed by atoms with van der Waals surface area (Å²) in [5.41, 5.74) is 6.69. The minimum atomic E-state index is -3.51. The topological polar surface area (TPSA) is 378 Å². The summed E-state index contributed by atoms with van der Waals surface area (Å²) in [7, 11) is -5.34. The van der Waals surface area contributed by atoms with Gasteiger partial charge in [-0.1, -0.05) is 102 Å². The Morgan fingerprint density at radius 1 is 0.520 bits per heavy atom. The molecule has 26 nitrogen and oxygen atoms in total. The largest absolute Gasteiger partial charge is 0.399 e. The molecular formula is C67H100ClN12O14PdS3-. The number of nitro benzene ring substituents is 2. The number of aliphatic hydroxyl groups excluding tert-OH is 1. The Kier molecular flexibility index (Phi) is 32.0. The molecule has 0 unspecified atom stereocenters. The van der Waals surface area contributed by atoms with Crippen LogP contribution in [0.3, 0.4) is 0 Å². The molecule has 3 amide bonds. The quantitative estimate of drug-likeness (QED) is 0.0195. The van der Waals surface area contributed by atoms with Crippen LogP contribution in [0.2, 0.25) is 0 Å². The standard InChI is InChI=1S/C21H28N4O5S.C21H30N4O3S.C13H21N3O.C8H8ClNO4S.C2H6O.CH4.CH3.Pd/c26-20-21(23-19(22-20)17-4-2-1-3-5-17)11-13-24(14-12-21)31(29,30)15-10-16-6-8-18(9-7-16)25(27)28;22-18-8-6-16(7-9-18)10-15-29(27,28)25-13-11-21(12-14-25)20(26)23-19(24-21)17-4-2-1-3-5-17;17-12-13(6-8-14-9-7-13)16-11(15-12)10-4-2-1-3-5-10;9-15(13,14)6-5-7-1-3-8(4-2-7)10(11)12;1-2-3;;;/h6-9,17H,1-5,10-15H2,(H,22,23,26);6-9,17H,1-5,10-15,22H2,(H,23,24,26);10,14H,1-9H2,(H,15,16,17);1-4H,5-6H2;3H,2H2,1H3;1H4;1H3;/q;;;;;;-1;. The Morgan fingerprint density at radius 3 is 1.08 bits per heavy atom. The van der Waals surface area contributed by atoms with Crippen LogP contribution in [0.1, 0.15) is 166 Å². The molecule has 6 fully saturated rings. The maximum atomic E-state index is 12.8. The Hall–Kier alpha value is -5.68. The number of nitrogens with one attached hydrogen (secondary N) is 4. The van der Waals surface area contributed by atoms with Crippen LogP contribution < -0.4 is 27.0 Å². The summed E-state index contributed by atoms with van der Waals surface area (Å²) in [6.45, 7) is 5.00. The van der Waals surface area contributed by atoms with E-state index in [1.54, 1.807) is 31.2 Å². The maximum absolute atomic E-state index is 12.8. The molecule has 12 rings (SSSR count). The number of aryl methyl sites for hydroxylation is 3. The van der Waals surface area contributed by atoms with Crippen molar-refractivity contribution in [1.29, 1.82) is 0 Å². The Labute approximate surface area is 596 Å². The van der Waals surface area contributed by atoms with Gasteiger partial charge >= 0.3 is 0 Å². The Bertz CT molecular complexity index is 3590. The number of nitrogen functional groups attached to an aromatic ring is 1. The fraction of sp³-hybridized carbons (Fsp3) is 0.627. The van der Waals surface area contributed by atoms with Crippen LogP contribution in [-0.2, 0) is 83.2 Å². The van der Waals surface area contributed by atoms with E-state index >= 15 is 0 Å². The first-order valence-electron chi connectivity index (χ1n) is 33.5. The second-order valence-electron chi connectivity index (χ2n) is 26.0. The van der Waals surface area contributed by atoms with Gasteiger partial charge in [0.15, 0.2) is 0 Å². The van der Waals surface area contributed by atoms with E-state index in [-0.39, 0.29) is 114 Å². The van der Waals surface area contributed by atoms with Crippen molar-refractivity contribution in [3.63, 3.8) is 0 Å². The van der Waals surface area contributed by atoms with Gasteiger partial charge in [0.1, 0.15) is 34.1 Å². The monoisotopic (exact) mass is 1530 g/mol. The fourth-order valence-electron chi connectivity index (χ4n) is 13.7. The maximum Gasteiger partial charge on any atom is 0.269 e. The number of halogens is 1. The molecule has 3 spiro atoms. The molecular weight excluding hydrogens is 1430 g/mol. The zero-order valence-corrected chi connectivity index (χ0v) is 60.3. The molecule has 31 heteroatoms. The number of piperidine rings is 3. The summed E-state index contributed by atoms with van der Waals surface area (Å²) < 4.78 is 75.4. The first kappa shape index (κ1) is 83.0. The Morgan fingerprint density at radius 2 is 0.796 bits per heavy atom. The van der Waals surface area contributed by atoms with Gasteiger partial charge in [-0.15, -0.1) is 0 Å². The summed E-state index contributed by atoms with van der Waals surface area (Å²) in [6.07, 6.45) is 22.2. The van der Waals surface area contributed by atoms with Crippen LogP contribution >= 0.6 is 10.7 Å². The minimum Gasteiger partial charge on any atom is -0.399 e. The second kappa shape index (κ2) is 37.8. The zero-order chi connectivity index (χ0) is 68.4. The van der Waals surface area contributed by atoms with Crippen LogP contribution in [0.15, 0.2) is 87.8 Å². The van der Waals surface area contributed by atoms with E-state index in [9.17, 15) is 59.9 Å². The normalized spacial score (nSPS) is 20.9. The number of aliphatic hydroxyl groups is 1. The summed E-state index contributed by atoms with van der Waals surface area (Å²) >= 11 is 0. The number of nitrogens with two attached hydrogens (primary N) is 1. The molecule has 0 bridgehead atoms. The van der Waals surface area contributed by atoms with Crippen molar-refractivity contribution in [2.45, 2.75) is 185 Å². The van der Waals surface area contributed by atoms with Gasteiger partial charge in [-0.25, -0.2) is 33.9 Å². The first-order valence-corrected chi connectivity index (χ1v) is 39.2. The van der Waals surface area contributed by atoms with Crippen molar-refractivity contribution < 1.29 is 75.0 Å². The predicted octanol–water partition coefficient (Wildman–Crippen LogP) is 8.50. The summed E-state index contributed by atoms with van der Waals surface area (Å²) in [6, 6.07) is 18.9. The number of sulfonamides is 2. The third-order valence-corrected chi connectivity index (χ3v) is 24.4. The van der Waals surface area contributed by atoms with E-state index in [1.165, 1.54) is 103 Å². The van der Waals surface area contributed by atoms with Gasteiger partial charge in [0.05, 0.1) is 27.1 Å². The number of carbonyl (C=O) groups excluding carboxylic acids is 3. The van der Waals surface area contributed by atoms with Crippen LogP contribution in [-0.4, -0.2) is 164 Å². The van der Waals surface area contributed by atoms with E-state index in [1.807, 2.05) is 12.1 Å². The number of aliphatic imine (C=N–C) groups is 3. The third-order valence-electron chi connectivity index (χ3n) is 19.5. The molecule has 9 aliphatic rings. The van der Waals surface area contributed by atoms with Gasteiger partial charge in [0.2, 0.25) is 29.1 Å². The number of benzene rings is 3. The fourth-order valence-corrected chi connectivity index (χ4v) is 17.4. The van der Waals surface area contributed by atoms with Gasteiger partial charge in [0, 0.05) is 112 Å². The number of carbonyl (C=O) groups is 3. The molecule has 98 heavy (non-hydrogen) atoms. The molecule has 0 atom stereocenters. The van der Waals surface area contributed by atoms with Crippen molar-refractivity contribution in [1.82, 2.24) is 29.9 Å². The average molecular weight is 1540 g/mol. The first-order chi connectivity index (χ1) is 45.3. The van der Waals surface area contributed by atoms with Crippen molar-refractivity contribution in [3.05, 3.63) is 117 Å².